The standard InChI is InChI=1S/C10H15BrN2/c1-3-10-9(6-13(2)12-10)8-4-7(8)5-11/h6-8H,3-5H2,1-2H3. The molecule has 1 aromatic heterocycles. The van der Waals surface area contributed by atoms with Gasteiger partial charge in [-0.25, -0.2) is 0 Å². The van der Waals surface area contributed by atoms with Gasteiger partial charge in [0.25, 0.3) is 0 Å². The Morgan fingerprint density at radius 2 is 2.46 bits per heavy atom. The predicted octanol–water partition coefficient (Wildman–Crippen LogP) is 2.48. The molecule has 72 valence electrons. The molecule has 0 amide bonds. The number of aromatic nitrogens is 2. The summed E-state index contributed by atoms with van der Waals surface area (Å²) in [5.74, 6) is 1.64. The van der Waals surface area contributed by atoms with Gasteiger partial charge in [-0.15, -0.1) is 0 Å². The van der Waals surface area contributed by atoms with Gasteiger partial charge < -0.3 is 0 Å². The summed E-state index contributed by atoms with van der Waals surface area (Å²) in [5.41, 5.74) is 2.77. The number of nitrogens with zero attached hydrogens (tertiary/aromatic N) is 2. The largest absolute Gasteiger partial charge is 0.275 e. The first-order valence-corrected chi connectivity index (χ1v) is 5.96. The molecule has 1 fully saturated rings. The number of halogens is 1. The molecule has 1 aliphatic carbocycles. The first kappa shape index (κ1) is 9.25. The fraction of sp³-hybridized carbons (Fsp3) is 0.700. The molecule has 0 N–H and O–H groups in total. The van der Waals surface area contributed by atoms with Crippen LogP contribution in [-0.2, 0) is 13.5 Å². The predicted molar refractivity (Wildman–Crippen MR) is 57.2 cm³/mol. The van der Waals surface area contributed by atoms with E-state index in [1.54, 1.807) is 0 Å². The molecule has 0 aromatic carbocycles. The summed E-state index contributed by atoms with van der Waals surface area (Å²) in [6, 6.07) is 0. The van der Waals surface area contributed by atoms with Crippen LogP contribution in [-0.4, -0.2) is 15.1 Å². The minimum atomic E-state index is 0.781. The van der Waals surface area contributed by atoms with Crippen molar-refractivity contribution in [1.82, 2.24) is 9.78 Å². The van der Waals surface area contributed by atoms with Crippen molar-refractivity contribution in [2.75, 3.05) is 5.33 Å². The highest BCUT2D eigenvalue weighted by Crippen LogP contribution is 2.49. The second-order valence-corrected chi connectivity index (χ2v) is 4.46. The maximum atomic E-state index is 4.46. The van der Waals surface area contributed by atoms with Crippen molar-refractivity contribution in [3.05, 3.63) is 17.5 Å². The number of rotatable bonds is 3. The summed E-state index contributed by atoms with van der Waals surface area (Å²) in [4.78, 5) is 0. The van der Waals surface area contributed by atoms with Crippen LogP contribution in [0.2, 0.25) is 0 Å². The third-order valence-electron chi connectivity index (χ3n) is 2.79. The van der Waals surface area contributed by atoms with Crippen molar-refractivity contribution in [2.24, 2.45) is 13.0 Å². The van der Waals surface area contributed by atoms with E-state index in [1.807, 2.05) is 11.7 Å². The van der Waals surface area contributed by atoms with Gasteiger partial charge in [-0.3, -0.25) is 4.68 Å². The summed E-state index contributed by atoms with van der Waals surface area (Å²) in [6.07, 6.45) is 4.58. The van der Waals surface area contributed by atoms with Crippen LogP contribution >= 0.6 is 15.9 Å². The van der Waals surface area contributed by atoms with Gasteiger partial charge in [0.1, 0.15) is 0 Å². The minimum absolute atomic E-state index is 0.781. The van der Waals surface area contributed by atoms with Crippen molar-refractivity contribution in [2.45, 2.75) is 25.7 Å². The van der Waals surface area contributed by atoms with Crippen LogP contribution in [0.5, 0.6) is 0 Å². The normalized spacial score (nSPS) is 26.4. The van der Waals surface area contributed by atoms with Crippen molar-refractivity contribution in [1.29, 1.82) is 0 Å². The van der Waals surface area contributed by atoms with E-state index in [2.05, 4.69) is 34.1 Å². The van der Waals surface area contributed by atoms with E-state index in [9.17, 15) is 0 Å². The highest BCUT2D eigenvalue weighted by atomic mass is 79.9. The first-order valence-electron chi connectivity index (χ1n) is 4.84. The number of aryl methyl sites for hydroxylation is 2. The Bertz CT molecular complexity index is 306. The highest BCUT2D eigenvalue weighted by Gasteiger charge is 2.39. The Morgan fingerprint density at radius 1 is 1.69 bits per heavy atom. The van der Waals surface area contributed by atoms with Crippen LogP contribution in [0.1, 0.15) is 30.5 Å². The maximum absolute atomic E-state index is 4.46. The molecule has 0 spiro atoms. The van der Waals surface area contributed by atoms with E-state index in [0.717, 1.165) is 23.6 Å². The monoisotopic (exact) mass is 242 g/mol. The molecule has 1 aromatic rings. The summed E-state index contributed by atoms with van der Waals surface area (Å²) in [6.45, 7) is 2.18. The third-order valence-corrected chi connectivity index (χ3v) is 3.62. The molecule has 0 aliphatic heterocycles. The van der Waals surface area contributed by atoms with E-state index in [-0.39, 0.29) is 0 Å². The molecule has 0 saturated heterocycles. The lowest BCUT2D eigenvalue weighted by Crippen LogP contribution is -1.90. The zero-order chi connectivity index (χ0) is 9.42. The fourth-order valence-electron chi connectivity index (χ4n) is 1.94. The lowest BCUT2D eigenvalue weighted by atomic mass is 10.1. The van der Waals surface area contributed by atoms with Crippen LogP contribution < -0.4 is 0 Å². The smallest absolute Gasteiger partial charge is 0.0656 e. The molecule has 2 unspecified atom stereocenters. The SMILES string of the molecule is CCc1nn(C)cc1C1CC1CBr. The number of hydrogen-bond donors (Lipinski definition) is 0. The van der Waals surface area contributed by atoms with Crippen LogP contribution in [0.3, 0.4) is 0 Å². The summed E-state index contributed by atoms with van der Waals surface area (Å²) < 4.78 is 1.94. The van der Waals surface area contributed by atoms with E-state index in [0.29, 0.717) is 0 Å². The molecule has 1 heterocycles. The quantitative estimate of drug-likeness (QED) is 0.746. The zero-order valence-corrected chi connectivity index (χ0v) is 9.71. The molecule has 1 aliphatic rings. The lowest BCUT2D eigenvalue weighted by molar-refractivity contribution is 0.746. The van der Waals surface area contributed by atoms with Gasteiger partial charge >= 0.3 is 0 Å². The third kappa shape index (κ3) is 1.66. The van der Waals surface area contributed by atoms with E-state index < -0.39 is 0 Å². The topological polar surface area (TPSA) is 17.8 Å². The molecule has 13 heavy (non-hydrogen) atoms. The second-order valence-electron chi connectivity index (χ2n) is 3.81. The molecule has 0 radical (unpaired) electrons. The van der Waals surface area contributed by atoms with Crippen molar-refractivity contribution < 1.29 is 0 Å². The Balaban J connectivity index is 2.20. The van der Waals surface area contributed by atoms with Crippen LogP contribution in [0.4, 0.5) is 0 Å². The Morgan fingerprint density at radius 3 is 3.00 bits per heavy atom. The molecular formula is C10H15BrN2. The maximum Gasteiger partial charge on any atom is 0.0656 e. The van der Waals surface area contributed by atoms with Crippen molar-refractivity contribution in [3.8, 4) is 0 Å². The summed E-state index contributed by atoms with van der Waals surface area (Å²) in [5, 5.41) is 5.60. The zero-order valence-electron chi connectivity index (χ0n) is 8.13. The van der Waals surface area contributed by atoms with Gasteiger partial charge in [0.2, 0.25) is 0 Å². The van der Waals surface area contributed by atoms with Gasteiger partial charge in [-0.2, -0.15) is 5.10 Å². The lowest BCUT2D eigenvalue weighted by Gasteiger charge is -1.95. The minimum Gasteiger partial charge on any atom is -0.275 e. The second kappa shape index (κ2) is 3.45. The molecular weight excluding hydrogens is 228 g/mol. The van der Waals surface area contributed by atoms with Crippen LogP contribution in [0, 0.1) is 5.92 Å². The van der Waals surface area contributed by atoms with Gasteiger partial charge in [0.15, 0.2) is 0 Å². The highest BCUT2D eigenvalue weighted by molar-refractivity contribution is 9.09. The summed E-state index contributed by atoms with van der Waals surface area (Å²) >= 11 is 3.54. The Hall–Kier alpha value is -0.310. The van der Waals surface area contributed by atoms with Gasteiger partial charge in [0, 0.05) is 18.6 Å². The average molecular weight is 243 g/mol. The summed E-state index contributed by atoms with van der Waals surface area (Å²) in [7, 11) is 2.01. The molecule has 2 atom stereocenters. The van der Waals surface area contributed by atoms with Gasteiger partial charge in [-0.05, 0) is 30.2 Å². The molecule has 2 nitrogen and oxygen atoms in total. The molecule has 3 heteroatoms. The molecule has 0 bridgehead atoms. The molecule has 1 saturated carbocycles. The molecule has 2 rings (SSSR count). The first-order chi connectivity index (χ1) is 6.26. The van der Waals surface area contributed by atoms with E-state index >= 15 is 0 Å². The fourth-order valence-corrected chi connectivity index (χ4v) is 2.65. The van der Waals surface area contributed by atoms with Crippen molar-refractivity contribution in [3.63, 3.8) is 0 Å². The average Bonchev–Trinajstić information content (AvgIpc) is 2.82. The van der Waals surface area contributed by atoms with Crippen molar-refractivity contribution >= 4 is 15.9 Å². The number of hydrogen-bond acceptors (Lipinski definition) is 1. The number of alkyl halides is 1. The Kier molecular flexibility index (Phi) is 2.45. The van der Waals surface area contributed by atoms with Gasteiger partial charge in [-0.1, -0.05) is 22.9 Å². The van der Waals surface area contributed by atoms with Crippen LogP contribution in [0.25, 0.3) is 0 Å². The van der Waals surface area contributed by atoms with Crippen LogP contribution in [0.15, 0.2) is 6.20 Å². The Labute approximate surface area is 87.5 Å². The van der Waals surface area contributed by atoms with Gasteiger partial charge in [0.05, 0.1) is 5.69 Å². The van der Waals surface area contributed by atoms with E-state index in [4.69, 9.17) is 0 Å². The van der Waals surface area contributed by atoms with E-state index in [1.165, 1.54) is 17.7 Å².